The van der Waals surface area contributed by atoms with Crippen LogP contribution in [0.25, 0.3) is 0 Å². The van der Waals surface area contributed by atoms with E-state index in [-0.39, 0.29) is 31.4 Å². The molecule has 0 spiro atoms. The predicted octanol–water partition coefficient (Wildman–Crippen LogP) is -3.54. The molecule has 0 fully saturated rings. The molecule has 2 aliphatic rings. The molecule has 104 valence electrons. The van der Waals surface area contributed by atoms with Crippen molar-refractivity contribution in [1.82, 2.24) is 0 Å². The van der Waals surface area contributed by atoms with Crippen molar-refractivity contribution in [3.63, 3.8) is 0 Å². The topological polar surface area (TPSA) is 29.5 Å². The van der Waals surface area contributed by atoms with Crippen molar-refractivity contribution in [2.24, 2.45) is 0 Å². The van der Waals surface area contributed by atoms with E-state index >= 15 is 0 Å². The van der Waals surface area contributed by atoms with Crippen molar-refractivity contribution in [1.29, 1.82) is 0 Å². The van der Waals surface area contributed by atoms with Crippen LogP contribution in [0.2, 0.25) is 0 Å². The summed E-state index contributed by atoms with van der Waals surface area (Å²) in [7, 11) is 0. The third-order valence-electron chi connectivity index (χ3n) is 2.95. The normalized spacial score (nSPS) is 15.0. The van der Waals surface area contributed by atoms with E-state index in [2.05, 4.69) is 43.4 Å². The molecule has 0 aromatic carbocycles. The van der Waals surface area contributed by atoms with Gasteiger partial charge >= 0.3 is 110 Å². The van der Waals surface area contributed by atoms with Gasteiger partial charge in [-0.1, -0.05) is 0 Å². The molecular formula is C14H18Cl2O2Zr. The average Bonchev–Trinajstić information content (AvgIpc) is 2.99. The van der Waals surface area contributed by atoms with Gasteiger partial charge in [0.05, 0.1) is 0 Å². The minimum atomic E-state index is -1.93. The van der Waals surface area contributed by atoms with E-state index in [1.165, 1.54) is 3.39 Å². The van der Waals surface area contributed by atoms with Crippen LogP contribution in [0, 0.1) is 0 Å². The van der Waals surface area contributed by atoms with Crippen LogP contribution in [-0.4, -0.2) is 21.7 Å². The number of allylic oxidation sites excluding steroid dienone is 8. The molecular weight excluding hydrogens is 362 g/mol. The summed E-state index contributed by atoms with van der Waals surface area (Å²) in [5, 5.41) is 8.86. The smallest absolute Gasteiger partial charge is 1.00 e. The molecule has 19 heavy (non-hydrogen) atoms. The van der Waals surface area contributed by atoms with Crippen LogP contribution < -0.4 is 24.8 Å². The molecule has 0 bridgehead atoms. The van der Waals surface area contributed by atoms with Crippen LogP contribution in [0.15, 0.2) is 43.0 Å². The molecule has 0 aromatic heterocycles. The zero-order chi connectivity index (χ0) is 12.1. The Morgan fingerprint density at radius 3 is 2.05 bits per heavy atom. The molecule has 0 atom stereocenters. The molecule has 2 nitrogen and oxygen atoms in total. The van der Waals surface area contributed by atoms with Crippen molar-refractivity contribution in [3.8, 4) is 0 Å². The fraction of sp³-hybridized carbons (Fsp3) is 0.357. The molecule has 0 aromatic rings. The van der Waals surface area contributed by atoms with Crippen molar-refractivity contribution in [2.75, 3.05) is 13.2 Å². The van der Waals surface area contributed by atoms with E-state index in [1.54, 1.807) is 6.56 Å². The summed E-state index contributed by atoms with van der Waals surface area (Å²) in [5.74, 6) is 0. The van der Waals surface area contributed by atoms with Crippen LogP contribution >= 0.6 is 0 Å². The van der Waals surface area contributed by atoms with Gasteiger partial charge in [0.15, 0.2) is 0 Å². The Kier molecular flexibility index (Phi) is 10.1. The number of halogens is 2. The first kappa shape index (κ1) is 19.2. The van der Waals surface area contributed by atoms with Crippen LogP contribution in [0.1, 0.15) is 19.8 Å². The second kappa shape index (κ2) is 10.0. The quantitative estimate of drug-likeness (QED) is 0.536. The number of ether oxygens (including phenoxy) is 1. The second-order valence-electron chi connectivity index (χ2n) is 4.15. The van der Waals surface area contributed by atoms with E-state index < -0.39 is 21.3 Å². The second-order valence-corrected chi connectivity index (χ2v) is 10.9. The van der Waals surface area contributed by atoms with Gasteiger partial charge < -0.3 is 24.8 Å². The Balaban J connectivity index is 0.00000162. The molecule has 2 aliphatic carbocycles. The van der Waals surface area contributed by atoms with Crippen LogP contribution in [0.4, 0.5) is 0 Å². The fourth-order valence-electron chi connectivity index (χ4n) is 2.19. The van der Waals surface area contributed by atoms with Gasteiger partial charge in [-0.3, -0.25) is 0 Å². The van der Waals surface area contributed by atoms with Gasteiger partial charge in [0.1, 0.15) is 0 Å². The van der Waals surface area contributed by atoms with Gasteiger partial charge in [-0.15, -0.1) is 0 Å². The molecule has 5 heteroatoms. The number of rotatable bonds is 5. The van der Waals surface area contributed by atoms with E-state index in [0.717, 1.165) is 12.8 Å². The summed E-state index contributed by atoms with van der Waals surface area (Å²) in [6, 6.07) is 0. The fourth-order valence-corrected chi connectivity index (χ4v) is 8.91. The Labute approximate surface area is 134 Å². The van der Waals surface area contributed by atoms with Crippen molar-refractivity contribution in [2.45, 2.75) is 19.8 Å². The molecule has 0 aliphatic heterocycles. The predicted molar refractivity (Wildman–Crippen MR) is 67.4 cm³/mol. The summed E-state index contributed by atoms with van der Waals surface area (Å²) in [5.41, 5.74) is 0. The number of aliphatic hydroxyl groups is 1. The van der Waals surface area contributed by atoms with Gasteiger partial charge in [0.2, 0.25) is 0 Å². The Morgan fingerprint density at radius 1 is 1.16 bits per heavy atom. The number of aliphatic hydroxyl groups excluding tert-OH is 1. The van der Waals surface area contributed by atoms with Crippen molar-refractivity contribution < 1.29 is 55.9 Å². The first-order chi connectivity index (χ1) is 8.33. The molecule has 0 saturated carbocycles. The zero-order valence-corrected chi connectivity index (χ0v) is 14.9. The Bertz CT molecular complexity index is 416. The maximum Gasteiger partial charge on any atom is -1.00 e. The maximum absolute atomic E-state index is 8.86. The van der Waals surface area contributed by atoms with Gasteiger partial charge in [-0.05, 0) is 0 Å². The summed E-state index contributed by atoms with van der Waals surface area (Å²) in [6.45, 7) is 2.63. The largest absolute Gasteiger partial charge is 1.00 e. The summed E-state index contributed by atoms with van der Waals surface area (Å²) < 4.78 is 10.0. The van der Waals surface area contributed by atoms with E-state index in [0.29, 0.717) is 6.61 Å². The Morgan fingerprint density at radius 2 is 1.68 bits per heavy atom. The molecule has 0 unspecified atom stereocenters. The molecule has 0 heterocycles. The van der Waals surface area contributed by atoms with Crippen molar-refractivity contribution >= 4 is 3.39 Å². The minimum absolute atomic E-state index is 0. The maximum atomic E-state index is 8.86. The number of hydrogen-bond donors (Lipinski definition) is 1. The molecule has 0 radical (unpaired) electrons. The standard InChI is InChI=1S/2C5H5.C4H8O2.2ClH.Zr/c2*1-2-4-5-3-1;1-2-6-4-3-5;;;/h2*1-3H,4H2;5H,3-4H2,1H3;2*1H;/q;;;;;+2/p-2. The van der Waals surface area contributed by atoms with E-state index in [1.807, 2.05) is 0 Å². The third-order valence-corrected chi connectivity index (χ3v) is 10.0. The number of hydrogen-bond acceptors (Lipinski definition) is 2. The third kappa shape index (κ3) is 5.24. The van der Waals surface area contributed by atoms with E-state index in [4.69, 9.17) is 9.84 Å². The van der Waals surface area contributed by atoms with Gasteiger partial charge in [-0.2, -0.15) is 0 Å². The molecule has 0 saturated heterocycles. The summed E-state index contributed by atoms with van der Waals surface area (Å²) in [6.07, 6.45) is 15.4. The summed E-state index contributed by atoms with van der Waals surface area (Å²) >= 11 is -1.93. The van der Waals surface area contributed by atoms with E-state index in [9.17, 15) is 0 Å². The van der Waals surface area contributed by atoms with Crippen LogP contribution in [0.5, 0.6) is 0 Å². The first-order valence-corrected chi connectivity index (χ1v) is 9.68. The van der Waals surface area contributed by atoms with Gasteiger partial charge in [0, 0.05) is 0 Å². The van der Waals surface area contributed by atoms with Gasteiger partial charge in [0.25, 0.3) is 0 Å². The molecule has 0 amide bonds. The summed E-state index contributed by atoms with van der Waals surface area (Å²) in [4.78, 5) is 0. The first-order valence-electron chi connectivity index (χ1n) is 5.99. The monoisotopic (exact) mass is 378 g/mol. The Hall–Kier alpha value is 0.213. The molecule has 2 rings (SSSR count). The SMILES string of the molecule is C[C](OCCO)=[Zr+2]([C]1=CC=CC1)[C]1=CC=CC1.[Cl-].[Cl-]. The average molecular weight is 380 g/mol. The van der Waals surface area contributed by atoms with Crippen molar-refractivity contribution in [3.05, 3.63) is 43.0 Å². The minimum Gasteiger partial charge on any atom is -1.00 e. The zero-order valence-electron chi connectivity index (χ0n) is 10.9. The van der Waals surface area contributed by atoms with Gasteiger partial charge in [-0.25, -0.2) is 0 Å². The molecule has 1 N–H and O–H groups in total. The van der Waals surface area contributed by atoms with Crippen LogP contribution in [-0.2, 0) is 26.0 Å². The van der Waals surface area contributed by atoms with Crippen LogP contribution in [0.3, 0.4) is 0 Å².